The lowest BCUT2D eigenvalue weighted by Gasteiger charge is -2.19. The van der Waals surface area contributed by atoms with Gasteiger partial charge in [0, 0.05) is 18.8 Å². The molecule has 10 heavy (non-hydrogen) atoms. The third-order valence-electron chi connectivity index (χ3n) is 1.38. The van der Waals surface area contributed by atoms with Crippen molar-refractivity contribution in [2.45, 2.75) is 12.0 Å². The van der Waals surface area contributed by atoms with Crippen LogP contribution in [0.25, 0.3) is 0 Å². The number of hydrogen-bond acceptors (Lipinski definition) is 3. The first-order valence-corrected chi connectivity index (χ1v) is 2.89. The monoisotopic (exact) mass is 143 g/mol. The molecule has 1 heterocycles. The van der Waals surface area contributed by atoms with Crippen molar-refractivity contribution >= 4 is 13.3 Å². The van der Waals surface area contributed by atoms with Crippen LogP contribution < -0.4 is 0 Å². The van der Waals surface area contributed by atoms with Crippen LogP contribution in [0.4, 0.5) is 4.39 Å². The zero-order valence-electron chi connectivity index (χ0n) is 5.24. The summed E-state index contributed by atoms with van der Waals surface area (Å²) in [6, 6.07) is 0. The maximum atomic E-state index is 13.0. The van der Waals surface area contributed by atoms with Crippen LogP contribution in [0.15, 0.2) is 17.3 Å². The molecule has 0 aromatic carbocycles. The van der Waals surface area contributed by atoms with E-state index >= 15 is 0 Å². The van der Waals surface area contributed by atoms with Crippen molar-refractivity contribution in [2.75, 3.05) is 0 Å². The van der Waals surface area contributed by atoms with E-state index in [1.807, 2.05) is 0 Å². The molecule has 5 heteroatoms. The van der Waals surface area contributed by atoms with Gasteiger partial charge in [-0.25, -0.2) is 4.39 Å². The van der Waals surface area contributed by atoms with Crippen LogP contribution >= 0.6 is 0 Å². The standard InChI is InChI=1S/C5H7BFNO2/c7-5(6(9)10)1-3-8-4-2-5/h1,3-4,9-10H,2H2. The fraction of sp³-hybridized carbons (Fsp3) is 0.400. The molecule has 1 aliphatic heterocycles. The largest absolute Gasteiger partial charge is 0.496 e. The van der Waals surface area contributed by atoms with E-state index in [0.717, 1.165) is 6.08 Å². The second-order valence-corrected chi connectivity index (χ2v) is 2.15. The van der Waals surface area contributed by atoms with Gasteiger partial charge in [0.2, 0.25) is 0 Å². The quantitative estimate of drug-likeness (QED) is 0.494. The van der Waals surface area contributed by atoms with Gasteiger partial charge in [-0.05, 0) is 6.08 Å². The Morgan fingerprint density at radius 1 is 1.60 bits per heavy atom. The molecule has 2 N–H and O–H groups in total. The number of nitrogens with zero attached hydrogens (tertiary/aromatic N) is 1. The molecule has 1 aliphatic rings. The summed E-state index contributed by atoms with van der Waals surface area (Å²) in [5, 5.41) is 17.0. The zero-order chi connectivity index (χ0) is 7.61. The molecule has 0 amide bonds. The van der Waals surface area contributed by atoms with Gasteiger partial charge >= 0.3 is 7.12 Å². The van der Waals surface area contributed by atoms with Crippen molar-refractivity contribution in [3.63, 3.8) is 0 Å². The minimum absolute atomic E-state index is 0.0822. The fourth-order valence-corrected chi connectivity index (χ4v) is 0.680. The summed E-state index contributed by atoms with van der Waals surface area (Å²) in [6.45, 7) is 0. The van der Waals surface area contributed by atoms with Gasteiger partial charge < -0.3 is 10.0 Å². The normalized spacial score (nSPS) is 30.7. The number of hydrogen-bond donors (Lipinski definition) is 2. The third-order valence-corrected chi connectivity index (χ3v) is 1.38. The summed E-state index contributed by atoms with van der Waals surface area (Å²) < 4.78 is 13.0. The first-order valence-electron chi connectivity index (χ1n) is 2.89. The first-order chi connectivity index (χ1) is 4.65. The molecule has 0 aromatic heterocycles. The predicted octanol–water partition coefficient (Wildman–Crippen LogP) is -0.305. The van der Waals surface area contributed by atoms with E-state index < -0.39 is 12.7 Å². The molecule has 0 fully saturated rings. The average molecular weight is 143 g/mol. The van der Waals surface area contributed by atoms with E-state index in [4.69, 9.17) is 10.0 Å². The molecule has 0 saturated carbocycles. The maximum absolute atomic E-state index is 13.0. The zero-order valence-corrected chi connectivity index (χ0v) is 5.24. The van der Waals surface area contributed by atoms with Crippen molar-refractivity contribution in [2.24, 2.45) is 4.99 Å². The highest BCUT2D eigenvalue weighted by atomic mass is 19.1. The Hall–Kier alpha value is -0.675. The van der Waals surface area contributed by atoms with E-state index in [1.165, 1.54) is 12.4 Å². The van der Waals surface area contributed by atoms with Gasteiger partial charge in [-0.2, -0.15) is 0 Å². The van der Waals surface area contributed by atoms with Gasteiger partial charge in [0.15, 0.2) is 5.57 Å². The second-order valence-electron chi connectivity index (χ2n) is 2.15. The van der Waals surface area contributed by atoms with Crippen LogP contribution in [0.1, 0.15) is 6.42 Å². The Bertz CT molecular complexity index is 182. The SMILES string of the molecule is OB(O)C1(F)C=CN=CC1. The maximum Gasteiger partial charge on any atom is 0.496 e. The van der Waals surface area contributed by atoms with Crippen molar-refractivity contribution in [3.8, 4) is 0 Å². The van der Waals surface area contributed by atoms with Crippen LogP contribution in [0.5, 0.6) is 0 Å². The summed E-state index contributed by atoms with van der Waals surface area (Å²) >= 11 is 0. The third kappa shape index (κ3) is 1.25. The van der Waals surface area contributed by atoms with Crippen LogP contribution in [0.3, 0.4) is 0 Å². The van der Waals surface area contributed by atoms with E-state index in [9.17, 15) is 4.39 Å². The van der Waals surface area contributed by atoms with Crippen molar-refractivity contribution < 1.29 is 14.4 Å². The lowest BCUT2D eigenvalue weighted by Crippen LogP contribution is -2.41. The molecule has 1 unspecified atom stereocenters. The van der Waals surface area contributed by atoms with Crippen LogP contribution in [-0.2, 0) is 0 Å². The van der Waals surface area contributed by atoms with Gasteiger partial charge in [-0.15, -0.1) is 0 Å². The molecular formula is C5H7BFNO2. The highest BCUT2D eigenvalue weighted by Crippen LogP contribution is 2.20. The summed E-state index contributed by atoms with van der Waals surface area (Å²) in [7, 11) is -1.96. The Morgan fingerprint density at radius 2 is 2.30 bits per heavy atom. The van der Waals surface area contributed by atoms with Crippen LogP contribution in [-0.4, -0.2) is 28.9 Å². The number of alkyl halides is 1. The number of allylic oxidation sites excluding steroid dienone is 1. The second kappa shape index (κ2) is 2.52. The van der Waals surface area contributed by atoms with Crippen LogP contribution in [0.2, 0.25) is 0 Å². The Kier molecular flexibility index (Phi) is 1.87. The summed E-state index contributed by atoms with van der Waals surface area (Å²) in [5.41, 5.74) is -2.04. The van der Waals surface area contributed by atoms with Gasteiger partial charge in [0.25, 0.3) is 0 Å². The highest BCUT2D eigenvalue weighted by Gasteiger charge is 2.40. The van der Waals surface area contributed by atoms with Crippen molar-refractivity contribution in [1.29, 1.82) is 0 Å². The topological polar surface area (TPSA) is 52.8 Å². The summed E-state index contributed by atoms with van der Waals surface area (Å²) in [5.74, 6) is 0. The molecule has 0 spiro atoms. The smallest absolute Gasteiger partial charge is 0.425 e. The lowest BCUT2D eigenvalue weighted by atomic mass is 9.67. The molecular weight excluding hydrogens is 136 g/mol. The van der Waals surface area contributed by atoms with Gasteiger partial charge in [-0.3, -0.25) is 4.99 Å². The first kappa shape index (κ1) is 7.43. The van der Waals surface area contributed by atoms with Gasteiger partial charge in [-0.1, -0.05) is 0 Å². The average Bonchev–Trinajstić information content (AvgIpc) is 1.89. The van der Waals surface area contributed by atoms with E-state index in [0.29, 0.717) is 0 Å². The molecule has 0 bridgehead atoms. The number of aliphatic imine (C=N–C) groups is 1. The molecule has 1 rings (SSSR count). The molecule has 54 valence electrons. The van der Waals surface area contributed by atoms with E-state index in [-0.39, 0.29) is 6.42 Å². The van der Waals surface area contributed by atoms with Crippen LogP contribution in [0, 0.1) is 0 Å². The minimum Gasteiger partial charge on any atom is -0.425 e. The lowest BCUT2D eigenvalue weighted by molar-refractivity contribution is 0.250. The molecule has 1 atom stereocenters. The summed E-state index contributed by atoms with van der Waals surface area (Å²) in [4.78, 5) is 3.59. The highest BCUT2D eigenvalue weighted by molar-refractivity contribution is 6.46. The molecule has 3 nitrogen and oxygen atoms in total. The Labute approximate surface area is 58.0 Å². The minimum atomic E-state index is -2.04. The number of rotatable bonds is 1. The number of halogens is 1. The summed E-state index contributed by atoms with van der Waals surface area (Å²) in [6.07, 6.45) is 3.47. The molecule has 0 aromatic rings. The Balaban J connectivity index is 2.70. The van der Waals surface area contributed by atoms with E-state index in [2.05, 4.69) is 4.99 Å². The van der Waals surface area contributed by atoms with Gasteiger partial charge in [0.05, 0.1) is 0 Å². The molecule has 0 aliphatic carbocycles. The molecule has 0 radical (unpaired) electrons. The fourth-order valence-electron chi connectivity index (χ4n) is 0.680. The van der Waals surface area contributed by atoms with Gasteiger partial charge in [0.1, 0.15) is 0 Å². The molecule has 0 saturated heterocycles. The van der Waals surface area contributed by atoms with E-state index in [1.54, 1.807) is 0 Å². The van der Waals surface area contributed by atoms with Crippen molar-refractivity contribution in [1.82, 2.24) is 0 Å². The Morgan fingerprint density at radius 3 is 2.60 bits per heavy atom. The van der Waals surface area contributed by atoms with Crippen molar-refractivity contribution in [3.05, 3.63) is 12.3 Å². The predicted molar refractivity (Wildman–Crippen MR) is 36.3 cm³/mol.